The highest BCUT2D eigenvalue weighted by atomic mass is 79.9. The number of nitrogens with one attached hydrogen (secondary N) is 1. The fourth-order valence-corrected chi connectivity index (χ4v) is 2.40. The summed E-state index contributed by atoms with van der Waals surface area (Å²) in [5.74, 6) is 5.60. The first-order chi connectivity index (χ1) is 7.54. The minimum Gasteiger partial charge on any atom is -0.271 e. The zero-order valence-corrected chi connectivity index (χ0v) is 11.5. The van der Waals surface area contributed by atoms with Gasteiger partial charge in [-0.2, -0.15) is 0 Å². The van der Waals surface area contributed by atoms with Crippen molar-refractivity contribution < 1.29 is 0 Å². The van der Waals surface area contributed by atoms with Crippen LogP contribution < -0.4 is 11.3 Å². The molecular formula is C13H19BrN2. The third kappa shape index (κ3) is 3.74. The third-order valence-corrected chi connectivity index (χ3v) is 3.28. The topological polar surface area (TPSA) is 38.0 Å². The van der Waals surface area contributed by atoms with Gasteiger partial charge < -0.3 is 0 Å². The van der Waals surface area contributed by atoms with E-state index in [-0.39, 0.29) is 6.04 Å². The molecule has 0 saturated heterocycles. The van der Waals surface area contributed by atoms with Gasteiger partial charge in [0.25, 0.3) is 0 Å². The summed E-state index contributed by atoms with van der Waals surface area (Å²) < 4.78 is 1.11. The first-order valence-corrected chi connectivity index (χ1v) is 6.20. The molecule has 0 aliphatic carbocycles. The van der Waals surface area contributed by atoms with E-state index in [1.807, 2.05) is 6.92 Å². The standard InChI is InChI=1S/C13H19BrN2/c1-9(2)4-7-13(16-15)11-6-5-10(3)8-12(11)14/h5-6,8,13,16H,1,4,7,15H2,2-3H3. The minimum absolute atomic E-state index is 0.173. The molecule has 1 unspecified atom stereocenters. The Morgan fingerprint density at radius 1 is 1.56 bits per heavy atom. The van der Waals surface area contributed by atoms with Gasteiger partial charge in [-0.25, -0.2) is 0 Å². The SMILES string of the molecule is C=C(C)CCC(NN)c1ccc(C)cc1Br. The van der Waals surface area contributed by atoms with Crippen LogP contribution in [0.15, 0.2) is 34.8 Å². The highest BCUT2D eigenvalue weighted by Crippen LogP contribution is 2.27. The Kier molecular flexibility index (Phi) is 5.19. The van der Waals surface area contributed by atoms with E-state index in [0.717, 1.165) is 17.3 Å². The molecule has 0 fully saturated rings. The maximum atomic E-state index is 5.60. The van der Waals surface area contributed by atoms with Crippen LogP contribution in [-0.2, 0) is 0 Å². The number of nitrogens with two attached hydrogens (primary N) is 1. The number of aryl methyl sites for hydroxylation is 1. The van der Waals surface area contributed by atoms with Crippen molar-refractivity contribution in [2.45, 2.75) is 32.7 Å². The van der Waals surface area contributed by atoms with Gasteiger partial charge in [0, 0.05) is 10.5 Å². The zero-order chi connectivity index (χ0) is 12.1. The van der Waals surface area contributed by atoms with Gasteiger partial charge in [-0.1, -0.05) is 33.6 Å². The molecule has 1 atom stereocenters. The van der Waals surface area contributed by atoms with E-state index in [9.17, 15) is 0 Å². The second kappa shape index (κ2) is 6.18. The summed E-state index contributed by atoms with van der Waals surface area (Å²) in [4.78, 5) is 0. The van der Waals surface area contributed by atoms with Crippen LogP contribution in [0.25, 0.3) is 0 Å². The molecular weight excluding hydrogens is 264 g/mol. The van der Waals surface area contributed by atoms with Crippen LogP contribution in [0.2, 0.25) is 0 Å². The second-order valence-electron chi connectivity index (χ2n) is 4.24. The Morgan fingerprint density at radius 2 is 2.25 bits per heavy atom. The van der Waals surface area contributed by atoms with Gasteiger partial charge in [0.05, 0.1) is 0 Å². The minimum atomic E-state index is 0.173. The molecule has 88 valence electrons. The number of rotatable bonds is 5. The van der Waals surface area contributed by atoms with Crippen LogP contribution >= 0.6 is 15.9 Å². The second-order valence-corrected chi connectivity index (χ2v) is 5.09. The fourth-order valence-electron chi connectivity index (χ4n) is 1.63. The largest absolute Gasteiger partial charge is 0.271 e. The van der Waals surface area contributed by atoms with Gasteiger partial charge in [-0.3, -0.25) is 11.3 Å². The lowest BCUT2D eigenvalue weighted by Crippen LogP contribution is -2.28. The Balaban J connectivity index is 2.82. The van der Waals surface area contributed by atoms with E-state index < -0.39 is 0 Å². The van der Waals surface area contributed by atoms with Crippen molar-refractivity contribution in [2.24, 2.45) is 5.84 Å². The molecule has 16 heavy (non-hydrogen) atoms. The molecule has 0 bridgehead atoms. The lowest BCUT2D eigenvalue weighted by molar-refractivity contribution is 0.514. The van der Waals surface area contributed by atoms with E-state index in [0.29, 0.717) is 0 Å². The molecule has 0 heterocycles. The van der Waals surface area contributed by atoms with Crippen LogP contribution in [0.1, 0.15) is 36.9 Å². The number of benzene rings is 1. The molecule has 0 aliphatic heterocycles. The zero-order valence-electron chi connectivity index (χ0n) is 9.89. The van der Waals surface area contributed by atoms with E-state index in [1.54, 1.807) is 0 Å². The van der Waals surface area contributed by atoms with Gasteiger partial charge in [0.1, 0.15) is 0 Å². The van der Waals surface area contributed by atoms with Crippen molar-refractivity contribution in [1.29, 1.82) is 0 Å². The Morgan fingerprint density at radius 3 is 2.75 bits per heavy atom. The Hall–Kier alpha value is -0.640. The van der Waals surface area contributed by atoms with Gasteiger partial charge >= 0.3 is 0 Å². The maximum absolute atomic E-state index is 5.60. The Labute approximate surface area is 106 Å². The molecule has 0 amide bonds. The molecule has 0 aliphatic rings. The van der Waals surface area contributed by atoms with Crippen molar-refractivity contribution in [3.05, 3.63) is 46.0 Å². The van der Waals surface area contributed by atoms with Crippen LogP contribution in [0, 0.1) is 6.92 Å². The first-order valence-electron chi connectivity index (χ1n) is 5.41. The van der Waals surface area contributed by atoms with Crippen LogP contribution in [-0.4, -0.2) is 0 Å². The smallest absolute Gasteiger partial charge is 0.0474 e. The predicted molar refractivity (Wildman–Crippen MR) is 73.0 cm³/mol. The molecule has 0 spiro atoms. The highest BCUT2D eigenvalue weighted by molar-refractivity contribution is 9.10. The number of hydrogen-bond donors (Lipinski definition) is 2. The monoisotopic (exact) mass is 282 g/mol. The molecule has 1 aromatic rings. The third-order valence-electron chi connectivity index (χ3n) is 2.59. The molecule has 0 radical (unpaired) electrons. The van der Waals surface area contributed by atoms with E-state index >= 15 is 0 Å². The fraction of sp³-hybridized carbons (Fsp3) is 0.385. The summed E-state index contributed by atoms with van der Waals surface area (Å²) in [6, 6.07) is 6.50. The molecule has 0 aromatic heterocycles. The van der Waals surface area contributed by atoms with Gasteiger partial charge in [0.2, 0.25) is 0 Å². The van der Waals surface area contributed by atoms with Crippen molar-refractivity contribution in [1.82, 2.24) is 5.43 Å². The normalized spacial score (nSPS) is 12.5. The van der Waals surface area contributed by atoms with Crippen molar-refractivity contribution >= 4 is 15.9 Å². The number of allylic oxidation sites excluding steroid dienone is 1. The number of halogens is 1. The van der Waals surface area contributed by atoms with E-state index in [4.69, 9.17) is 5.84 Å². The number of hydrazine groups is 1. The van der Waals surface area contributed by atoms with Gasteiger partial charge in [0.15, 0.2) is 0 Å². The summed E-state index contributed by atoms with van der Waals surface area (Å²) in [5, 5.41) is 0. The summed E-state index contributed by atoms with van der Waals surface area (Å²) in [6.07, 6.45) is 1.95. The van der Waals surface area contributed by atoms with E-state index in [2.05, 4.69) is 53.1 Å². The molecule has 3 N–H and O–H groups in total. The Bertz CT molecular complexity index is 374. The average Bonchev–Trinajstić information content (AvgIpc) is 2.21. The van der Waals surface area contributed by atoms with E-state index in [1.165, 1.54) is 16.7 Å². The van der Waals surface area contributed by atoms with Crippen LogP contribution in [0.3, 0.4) is 0 Å². The lowest BCUT2D eigenvalue weighted by atomic mass is 9.99. The quantitative estimate of drug-likeness (QED) is 0.492. The molecule has 3 heteroatoms. The molecule has 0 saturated carbocycles. The maximum Gasteiger partial charge on any atom is 0.0474 e. The summed E-state index contributed by atoms with van der Waals surface area (Å²) >= 11 is 3.58. The molecule has 1 aromatic carbocycles. The lowest BCUT2D eigenvalue weighted by Gasteiger charge is -2.18. The van der Waals surface area contributed by atoms with Gasteiger partial charge in [-0.15, -0.1) is 6.58 Å². The van der Waals surface area contributed by atoms with Crippen molar-refractivity contribution in [2.75, 3.05) is 0 Å². The van der Waals surface area contributed by atoms with Crippen LogP contribution in [0.5, 0.6) is 0 Å². The van der Waals surface area contributed by atoms with Crippen LogP contribution in [0.4, 0.5) is 0 Å². The highest BCUT2D eigenvalue weighted by Gasteiger charge is 2.12. The number of hydrogen-bond acceptors (Lipinski definition) is 2. The first kappa shape index (κ1) is 13.4. The van der Waals surface area contributed by atoms with Gasteiger partial charge in [-0.05, 0) is 43.9 Å². The summed E-state index contributed by atoms with van der Waals surface area (Å²) in [7, 11) is 0. The molecule has 2 nitrogen and oxygen atoms in total. The van der Waals surface area contributed by atoms with Crippen molar-refractivity contribution in [3.8, 4) is 0 Å². The predicted octanol–water partition coefficient (Wildman–Crippen LogP) is 3.62. The van der Waals surface area contributed by atoms with Crippen molar-refractivity contribution in [3.63, 3.8) is 0 Å². The summed E-state index contributed by atoms with van der Waals surface area (Å²) in [6.45, 7) is 8.03. The molecule has 1 rings (SSSR count). The summed E-state index contributed by atoms with van der Waals surface area (Å²) in [5.41, 5.74) is 6.49. The average molecular weight is 283 g/mol.